The van der Waals surface area contributed by atoms with Gasteiger partial charge in [-0.3, -0.25) is 5.32 Å². The van der Waals surface area contributed by atoms with Gasteiger partial charge in [0.15, 0.2) is 0 Å². The quantitative estimate of drug-likeness (QED) is 0.302. The number of carbonyl (C=O) groups is 1. The van der Waals surface area contributed by atoms with Crippen molar-refractivity contribution in [2.45, 2.75) is 49.1 Å². The minimum absolute atomic E-state index is 0.102. The van der Waals surface area contributed by atoms with E-state index in [0.29, 0.717) is 32.9 Å². The molecule has 188 valence electrons. The van der Waals surface area contributed by atoms with Gasteiger partial charge >= 0.3 is 12.3 Å². The van der Waals surface area contributed by atoms with Crippen LogP contribution in [0.3, 0.4) is 0 Å². The summed E-state index contributed by atoms with van der Waals surface area (Å²) in [6, 6.07) is 5.92. The molecule has 11 heteroatoms. The first-order valence-electron chi connectivity index (χ1n) is 11.4. The number of nitrogens with one attached hydrogen (secondary N) is 4. The lowest BCUT2D eigenvalue weighted by molar-refractivity contribution is -0.137. The molecule has 1 atom stereocenters. The van der Waals surface area contributed by atoms with Crippen LogP contribution in [0.4, 0.5) is 29.5 Å². The zero-order valence-electron chi connectivity index (χ0n) is 19.7. The molecule has 4 N–H and O–H groups in total. The molecule has 0 bridgehead atoms. The topological polar surface area (TPSA) is 91.1 Å². The van der Waals surface area contributed by atoms with Gasteiger partial charge in [-0.15, -0.1) is 11.8 Å². The number of aromatic nitrogens is 2. The fourth-order valence-corrected chi connectivity index (χ4v) is 5.15. The lowest BCUT2D eigenvalue weighted by atomic mass is 10.0. The number of carbonyl (C=O) groups excluding carboxylic acids is 1. The summed E-state index contributed by atoms with van der Waals surface area (Å²) in [5, 5.41) is 9.98. The van der Waals surface area contributed by atoms with E-state index in [2.05, 4.69) is 25.9 Å². The molecule has 0 aliphatic carbocycles. The van der Waals surface area contributed by atoms with E-state index in [1.54, 1.807) is 18.3 Å². The zero-order chi connectivity index (χ0) is 25.2. The molecule has 0 spiro atoms. The maximum absolute atomic E-state index is 14.0. The van der Waals surface area contributed by atoms with E-state index in [0.717, 1.165) is 32.0 Å². The van der Waals surface area contributed by atoms with Crippen molar-refractivity contribution >= 4 is 40.3 Å². The molecule has 2 aromatic heterocycles. The molecular formula is C24H28F3N5O2S. The Morgan fingerprint density at radius 2 is 2.06 bits per heavy atom. The van der Waals surface area contributed by atoms with Gasteiger partial charge in [0.1, 0.15) is 5.82 Å². The van der Waals surface area contributed by atoms with Gasteiger partial charge in [0.25, 0.3) is 0 Å². The van der Waals surface area contributed by atoms with E-state index in [-0.39, 0.29) is 17.0 Å². The van der Waals surface area contributed by atoms with Gasteiger partial charge < -0.3 is 20.4 Å². The Hall–Kier alpha value is -2.92. The molecule has 1 fully saturated rings. The molecule has 35 heavy (non-hydrogen) atoms. The third kappa shape index (κ3) is 5.67. The van der Waals surface area contributed by atoms with Crippen molar-refractivity contribution in [1.29, 1.82) is 0 Å². The largest absolute Gasteiger partial charge is 0.453 e. The van der Waals surface area contributed by atoms with Gasteiger partial charge in [0, 0.05) is 35.0 Å². The molecule has 1 aliphatic heterocycles. The highest BCUT2D eigenvalue weighted by Gasteiger charge is 2.35. The number of nitrogens with zero attached hydrogens (tertiary/aromatic N) is 1. The summed E-state index contributed by atoms with van der Waals surface area (Å²) in [7, 11) is 1.27. The van der Waals surface area contributed by atoms with Crippen LogP contribution in [0.15, 0.2) is 35.4 Å². The number of fused-ring (bicyclic) bond motifs is 1. The molecule has 4 rings (SSSR count). The van der Waals surface area contributed by atoms with Crippen molar-refractivity contribution < 1.29 is 22.7 Å². The van der Waals surface area contributed by atoms with Crippen LogP contribution in [0.25, 0.3) is 22.2 Å². The Labute approximate surface area is 205 Å². The van der Waals surface area contributed by atoms with Gasteiger partial charge in [-0.1, -0.05) is 19.9 Å². The SMILES string of the molecule is COC(=O)Nc1ccc2c(-c3nc(N[C@H]4CCCNC4)ccc3C(F)(F)F)c[nH]c2c1SC(C)C. The molecule has 7 nitrogen and oxygen atoms in total. The molecule has 1 aromatic carbocycles. The fraction of sp³-hybridized carbons (Fsp3) is 0.417. The summed E-state index contributed by atoms with van der Waals surface area (Å²) >= 11 is 1.49. The average molecular weight is 508 g/mol. The number of benzene rings is 1. The predicted molar refractivity (Wildman–Crippen MR) is 133 cm³/mol. The monoisotopic (exact) mass is 507 g/mol. The second-order valence-electron chi connectivity index (χ2n) is 8.63. The van der Waals surface area contributed by atoms with Gasteiger partial charge in [-0.25, -0.2) is 9.78 Å². The highest BCUT2D eigenvalue weighted by Crippen LogP contribution is 2.43. The highest BCUT2D eigenvalue weighted by atomic mass is 32.2. The zero-order valence-corrected chi connectivity index (χ0v) is 20.5. The van der Waals surface area contributed by atoms with Gasteiger partial charge in [0.05, 0.1) is 34.5 Å². The first kappa shape index (κ1) is 25.2. The van der Waals surface area contributed by atoms with Gasteiger partial charge in [-0.05, 0) is 37.6 Å². The smallest absolute Gasteiger partial charge is 0.418 e. The number of rotatable bonds is 6. The van der Waals surface area contributed by atoms with Crippen molar-refractivity contribution in [3.63, 3.8) is 0 Å². The molecule has 0 saturated carbocycles. The maximum atomic E-state index is 14.0. The third-order valence-electron chi connectivity index (χ3n) is 5.69. The minimum Gasteiger partial charge on any atom is -0.453 e. The number of thioether (sulfide) groups is 1. The molecule has 3 heterocycles. The van der Waals surface area contributed by atoms with Crippen LogP contribution >= 0.6 is 11.8 Å². The molecule has 1 aliphatic rings. The predicted octanol–water partition coefficient (Wildman–Crippen LogP) is 6.09. The number of aromatic amines is 1. The van der Waals surface area contributed by atoms with Crippen LogP contribution in [-0.4, -0.2) is 47.6 Å². The van der Waals surface area contributed by atoms with Crippen molar-refractivity contribution in [2.75, 3.05) is 30.8 Å². The molecule has 3 aromatic rings. The summed E-state index contributed by atoms with van der Waals surface area (Å²) < 4.78 is 46.7. The van der Waals surface area contributed by atoms with E-state index < -0.39 is 17.8 Å². The molecule has 1 saturated heterocycles. The number of hydrogen-bond acceptors (Lipinski definition) is 6. The standard InChI is InChI=1S/C24H28F3N5O2S/c1-13(2)35-22-18(31-23(33)34-3)8-6-15-16(12-29-21(15)22)20-17(24(25,26)27)7-9-19(32-20)30-14-5-4-10-28-11-14/h6-9,12-14,28-29H,4-5,10-11H2,1-3H3,(H,30,32)(H,31,33)/t14-/m0/s1. The maximum Gasteiger partial charge on any atom is 0.418 e. The summed E-state index contributed by atoms with van der Waals surface area (Å²) in [5.41, 5.74) is 0.526. The van der Waals surface area contributed by atoms with Crippen LogP contribution < -0.4 is 16.0 Å². The van der Waals surface area contributed by atoms with Crippen molar-refractivity contribution in [3.8, 4) is 11.3 Å². The second kappa shape index (κ2) is 10.4. The number of methoxy groups -OCH3 is 1. The van der Waals surface area contributed by atoms with Crippen LogP contribution in [0.1, 0.15) is 32.3 Å². The average Bonchev–Trinajstić information content (AvgIpc) is 3.24. The molecular weight excluding hydrogens is 479 g/mol. The van der Waals surface area contributed by atoms with Crippen LogP contribution in [0.5, 0.6) is 0 Å². The summed E-state index contributed by atoms with van der Waals surface area (Å²) in [6.07, 6.45) is -1.74. The molecule has 0 unspecified atom stereocenters. The summed E-state index contributed by atoms with van der Waals surface area (Å²) in [5.74, 6) is 0.400. The summed E-state index contributed by atoms with van der Waals surface area (Å²) in [4.78, 5) is 20.1. The number of H-pyrrole nitrogens is 1. The Bertz CT molecular complexity index is 1210. The number of amides is 1. The van der Waals surface area contributed by atoms with Crippen molar-refractivity contribution in [1.82, 2.24) is 15.3 Å². The minimum atomic E-state index is -4.57. The number of anilines is 2. The number of alkyl halides is 3. The molecule has 0 radical (unpaired) electrons. The van der Waals surface area contributed by atoms with E-state index in [1.807, 2.05) is 13.8 Å². The van der Waals surface area contributed by atoms with Crippen molar-refractivity contribution in [3.05, 3.63) is 36.0 Å². The lowest BCUT2D eigenvalue weighted by Gasteiger charge is -2.25. The van der Waals surface area contributed by atoms with Gasteiger partial charge in [-0.2, -0.15) is 13.2 Å². The highest BCUT2D eigenvalue weighted by molar-refractivity contribution is 8.00. The number of pyridine rings is 1. The Morgan fingerprint density at radius 1 is 1.26 bits per heavy atom. The van der Waals surface area contributed by atoms with Crippen LogP contribution in [-0.2, 0) is 10.9 Å². The number of ether oxygens (including phenoxy) is 1. The van der Waals surface area contributed by atoms with E-state index in [1.165, 1.54) is 24.9 Å². The Balaban J connectivity index is 1.82. The number of piperidine rings is 1. The Kier molecular flexibility index (Phi) is 7.46. The van der Waals surface area contributed by atoms with E-state index in [4.69, 9.17) is 4.74 Å². The summed E-state index contributed by atoms with van der Waals surface area (Å²) in [6.45, 7) is 5.65. The number of halogens is 3. The lowest BCUT2D eigenvalue weighted by Crippen LogP contribution is -2.38. The normalized spacial score (nSPS) is 16.5. The first-order valence-corrected chi connectivity index (χ1v) is 12.3. The van der Waals surface area contributed by atoms with E-state index >= 15 is 0 Å². The van der Waals surface area contributed by atoms with Crippen LogP contribution in [0, 0.1) is 0 Å². The molecule has 1 amide bonds. The van der Waals surface area contributed by atoms with E-state index in [9.17, 15) is 18.0 Å². The Morgan fingerprint density at radius 3 is 2.71 bits per heavy atom. The number of hydrogen-bond donors (Lipinski definition) is 4. The first-order chi connectivity index (χ1) is 16.7. The fourth-order valence-electron chi connectivity index (χ4n) is 4.14. The van der Waals surface area contributed by atoms with Crippen molar-refractivity contribution in [2.24, 2.45) is 0 Å². The van der Waals surface area contributed by atoms with Crippen LogP contribution in [0.2, 0.25) is 0 Å². The second-order valence-corrected chi connectivity index (χ2v) is 10.2. The van der Waals surface area contributed by atoms with Gasteiger partial charge in [0.2, 0.25) is 0 Å². The third-order valence-corrected chi connectivity index (χ3v) is 6.82.